The van der Waals surface area contributed by atoms with E-state index in [1.807, 2.05) is 13.0 Å². The third-order valence-electron chi connectivity index (χ3n) is 1.83. The highest BCUT2D eigenvalue weighted by Crippen LogP contribution is 2.08. The summed E-state index contributed by atoms with van der Waals surface area (Å²) in [5.41, 5.74) is 1.25. The van der Waals surface area contributed by atoms with Crippen molar-refractivity contribution in [3.05, 3.63) is 24.0 Å². The van der Waals surface area contributed by atoms with E-state index < -0.39 is 0 Å². The van der Waals surface area contributed by atoms with E-state index in [1.54, 1.807) is 18.3 Å². The van der Waals surface area contributed by atoms with Gasteiger partial charge in [0.25, 0.3) is 0 Å². The minimum atomic E-state index is 0.0183. The van der Waals surface area contributed by atoms with E-state index in [2.05, 4.69) is 16.2 Å². The van der Waals surface area contributed by atoms with Crippen molar-refractivity contribution < 1.29 is 0 Å². The number of rotatable bonds is 3. The highest BCUT2D eigenvalue weighted by Gasteiger charge is 2.01. The van der Waals surface area contributed by atoms with E-state index in [0.717, 1.165) is 12.1 Å². The topological polar surface area (TPSA) is 48.7 Å². The molecule has 0 fully saturated rings. The predicted octanol–water partition coefficient (Wildman–Crippen LogP) is 1.78. The zero-order valence-electron chi connectivity index (χ0n) is 7.99. The molecule has 3 nitrogen and oxygen atoms in total. The fourth-order valence-corrected chi connectivity index (χ4v) is 1.01. The van der Waals surface area contributed by atoms with Crippen molar-refractivity contribution in [2.24, 2.45) is 0 Å². The van der Waals surface area contributed by atoms with Gasteiger partial charge >= 0.3 is 0 Å². The maximum absolute atomic E-state index is 8.54. The van der Waals surface area contributed by atoms with Crippen LogP contribution in [-0.2, 0) is 0 Å². The van der Waals surface area contributed by atoms with Gasteiger partial charge in [-0.05, 0) is 18.6 Å². The first-order chi connectivity index (χ1) is 6.80. The van der Waals surface area contributed by atoms with E-state index in [0.29, 0.717) is 5.69 Å². The van der Waals surface area contributed by atoms with E-state index in [1.165, 1.54) is 0 Å². The number of nitriles is 1. The molecule has 0 aliphatic heterocycles. The van der Waals surface area contributed by atoms with Crippen LogP contribution < -0.4 is 5.32 Å². The van der Waals surface area contributed by atoms with Crippen LogP contribution in [0.2, 0.25) is 0 Å². The molecule has 0 radical (unpaired) electrons. The van der Waals surface area contributed by atoms with Crippen LogP contribution in [0.15, 0.2) is 18.3 Å². The van der Waals surface area contributed by atoms with E-state index in [4.69, 9.17) is 11.7 Å². The van der Waals surface area contributed by atoms with Crippen molar-refractivity contribution >= 4 is 5.69 Å². The second-order valence-corrected chi connectivity index (χ2v) is 2.82. The maximum Gasteiger partial charge on any atom is 0.140 e. The Labute approximate surface area is 83.8 Å². The number of nitrogens with zero attached hydrogens (tertiary/aromatic N) is 2. The minimum Gasteiger partial charge on any atom is -0.370 e. The van der Waals surface area contributed by atoms with E-state index in [-0.39, 0.29) is 6.04 Å². The zero-order valence-corrected chi connectivity index (χ0v) is 7.99. The van der Waals surface area contributed by atoms with Gasteiger partial charge in [-0.15, -0.1) is 6.42 Å². The quantitative estimate of drug-likeness (QED) is 0.730. The van der Waals surface area contributed by atoms with Crippen LogP contribution in [0.3, 0.4) is 0 Å². The van der Waals surface area contributed by atoms with Gasteiger partial charge in [0, 0.05) is 0 Å². The maximum atomic E-state index is 8.54. The number of terminal acetylenes is 1. The molecule has 0 bridgehead atoms. The monoisotopic (exact) mass is 185 g/mol. The molecule has 1 N–H and O–H groups in total. The van der Waals surface area contributed by atoms with Gasteiger partial charge in [0.2, 0.25) is 0 Å². The van der Waals surface area contributed by atoms with Gasteiger partial charge in [-0.3, -0.25) is 0 Å². The Hall–Kier alpha value is -2.00. The third kappa shape index (κ3) is 2.50. The molecule has 0 saturated heterocycles. The van der Waals surface area contributed by atoms with Crippen LogP contribution in [0.5, 0.6) is 0 Å². The molecule has 70 valence electrons. The minimum absolute atomic E-state index is 0.0183. The fourth-order valence-electron chi connectivity index (χ4n) is 1.01. The number of hydrogen-bond donors (Lipinski definition) is 1. The van der Waals surface area contributed by atoms with Gasteiger partial charge in [0.15, 0.2) is 0 Å². The van der Waals surface area contributed by atoms with Crippen LogP contribution in [0.4, 0.5) is 5.69 Å². The highest BCUT2D eigenvalue weighted by molar-refractivity contribution is 5.45. The lowest BCUT2D eigenvalue weighted by atomic mass is 10.2. The van der Waals surface area contributed by atoms with Crippen molar-refractivity contribution in [2.45, 2.75) is 19.4 Å². The Morgan fingerprint density at radius 2 is 2.43 bits per heavy atom. The van der Waals surface area contributed by atoms with Gasteiger partial charge in [-0.1, -0.05) is 12.8 Å². The number of pyridine rings is 1. The Morgan fingerprint density at radius 3 is 2.86 bits per heavy atom. The second-order valence-electron chi connectivity index (χ2n) is 2.82. The average Bonchev–Trinajstić information content (AvgIpc) is 2.26. The largest absolute Gasteiger partial charge is 0.370 e. The average molecular weight is 185 g/mol. The van der Waals surface area contributed by atoms with Crippen LogP contribution in [0, 0.1) is 23.7 Å². The lowest BCUT2D eigenvalue weighted by Crippen LogP contribution is -2.15. The first kappa shape index (κ1) is 10.1. The molecule has 0 aliphatic carbocycles. The summed E-state index contributed by atoms with van der Waals surface area (Å²) in [5.74, 6) is 2.62. The Kier molecular flexibility index (Phi) is 3.52. The van der Waals surface area contributed by atoms with Crippen molar-refractivity contribution in [3.63, 3.8) is 0 Å². The van der Waals surface area contributed by atoms with Gasteiger partial charge in [-0.25, -0.2) is 4.98 Å². The predicted molar refractivity (Wildman–Crippen MR) is 55.5 cm³/mol. The molecule has 1 atom stereocenters. The van der Waals surface area contributed by atoms with Crippen molar-refractivity contribution in [3.8, 4) is 18.4 Å². The molecule has 0 aromatic carbocycles. The summed E-state index contributed by atoms with van der Waals surface area (Å²) in [7, 11) is 0. The molecule has 1 rings (SSSR count). The van der Waals surface area contributed by atoms with Crippen LogP contribution in [-0.4, -0.2) is 11.0 Å². The molecule has 1 aromatic rings. The van der Waals surface area contributed by atoms with Crippen molar-refractivity contribution in [1.29, 1.82) is 5.26 Å². The SMILES string of the molecule is C#CC(CC)Nc1ccc(C#N)nc1. The molecule has 0 aliphatic rings. The van der Waals surface area contributed by atoms with Crippen molar-refractivity contribution in [1.82, 2.24) is 4.98 Å². The number of hydrogen-bond acceptors (Lipinski definition) is 3. The first-order valence-corrected chi connectivity index (χ1v) is 4.39. The lowest BCUT2D eigenvalue weighted by molar-refractivity contribution is 0.856. The molecule has 1 unspecified atom stereocenters. The summed E-state index contributed by atoms with van der Waals surface area (Å²) in [5, 5.41) is 11.7. The molecule has 3 heteroatoms. The fraction of sp³-hybridized carbons (Fsp3) is 0.273. The van der Waals surface area contributed by atoms with Gasteiger partial charge in [0.1, 0.15) is 11.8 Å². The summed E-state index contributed by atoms with van der Waals surface area (Å²) in [6, 6.07) is 5.43. The van der Waals surface area contributed by atoms with Gasteiger partial charge in [-0.2, -0.15) is 5.26 Å². The number of nitrogens with one attached hydrogen (secondary N) is 1. The molecular formula is C11H11N3. The molecule has 14 heavy (non-hydrogen) atoms. The Bertz CT molecular complexity index is 367. The normalized spacial score (nSPS) is 11.1. The molecule has 0 spiro atoms. The summed E-state index contributed by atoms with van der Waals surface area (Å²) >= 11 is 0. The van der Waals surface area contributed by atoms with Crippen molar-refractivity contribution in [2.75, 3.05) is 5.32 Å². The zero-order chi connectivity index (χ0) is 10.4. The van der Waals surface area contributed by atoms with Gasteiger partial charge < -0.3 is 5.32 Å². The van der Waals surface area contributed by atoms with Crippen LogP contribution >= 0.6 is 0 Å². The van der Waals surface area contributed by atoms with Crippen LogP contribution in [0.1, 0.15) is 19.0 Å². The van der Waals surface area contributed by atoms with Crippen LogP contribution in [0.25, 0.3) is 0 Å². The third-order valence-corrected chi connectivity index (χ3v) is 1.83. The standard InChI is InChI=1S/C11H11N3/c1-3-9(4-2)14-11-6-5-10(7-12)13-8-11/h1,5-6,8-9,14H,4H2,2H3. The molecular weight excluding hydrogens is 174 g/mol. The Morgan fingerprint density at radius 1 is 1.64 bits per heavy atom. The first-order valence-electron chi connectivity index (χ1n) is 4.39. The molecule has 0 saturated carbocycles. The second kappa shape index (κ2) is 4.89. The summed E-state index contributed by atoms with van der Waals surface area (Å²) in [4.78, 5) is 3.93. The molecule has 1 aromatic heterocycles. The molecule has 1 heterocycles. The summed E-state index contributed by atoms with van der Waals surface area (Å²) in [6.45, 7) is 2.01. The lowest BCUT2D eigenvalue weighted by Gasteiger charge is -2.11. The highest BCUT2D eigenvalue weighted by atomic mass is 14.9. The van der Waals surface area contributed by atoms with Gasteiger partial charge in [0.05, 0.1) is 17.9 Å². The summed E-state index contributed by atoms with van der Waals surface area (Å²) < 4.78 is 0. The Balaban J connectivity index is 2.70. The van der Waals surface area contributed by atoms with E-state index >= 15 is 0 Å². The number of anilines is 1. The molecule has 0 amide bonds. The van der Waals surface area contributed by atoms with E-state index in [9.17, 15) is 0 Å². The summed E-state index contributed by atoms with van der Waals surface area (Å²) in [6.07, 6.45) is 7.77. The number of aromatic nitrogens is 1. The smallest absolute Gasteiger partial charge is 0.140 e.